The summed E-state index contributed by atoms with van der Waals surface area (Å²) < 4.78 is 5.36. The minimum absolute atomic E-state index is 0.0229. The average Bonchev–Trinajstić information content (AvgIpc) is 3.05. The van der Waals surface area contributed by atoms with E-state index in [2.05, 4.69) is 42.5 Å². The van der Waals surface area contributed by atoms with E-state index in [4.69, 9.17) is 9.57 Å². The molecule has 124 valence electrons. The van der Waals surface area contributed by atoms with E-state index < -0.39 is 0 Å². The third-order valence-corrected chi connectivity index (χ3v) is 4.61. The zero-order valence-electron chi connectivity index (χ0n) is 13.8. The molecule has 0 spiro atoms. The molecular weight excluding hydrogens is 292 g/mol. The van der Waals surface area contributed by atoms with Gasteiger partial charge in [0.15, 0.2) is 0 Å². The molecule has 0 radical (unpaired) electrons. The zero-order valence-corrected chi connectivity index (χ0v) is 13.8. The molecule has 2 heterocycles. The van der Waals surface area contributed by atoms with Crippen LogP contribution in [0.4, 0.5) is 0 Å². The largest absolute Gasteiger partial charge is 0.390 e. The van der Waals surface area contributed by atoms with Crippen LogP contribution in [0.1, 0.15) is 36.0 Å². The number of carbonyl (C=O) groups is 1. The first-order valence-electron chi connectivity index (χ1n) is 8.29. The number of ether oxygens (including phenoxy) is 1. The van der Waals surface area contributed by atoms with Gasteiger partial charge in [0.25, 0.3) is 0 Å². The molecule has 2 aliphatic rings. The minimum Gasteiger partial charge on any atom is -0.390 e. The molecule has 5 heteroatoms. The van der Waals surface area contributed by atoms with E-state index in [1.165, 1.54) is 11.1 Å². The highest BCUT2D eigenvalue weighted by Crippen LogP contribution is 2.19. The standard InChI is InChI=1S/C18H24N2O3/c1-12-5-6-14(8-13(12)2)17-9-16(23-20-17)10-19-18(21)15-4-3-7-22-11-15/h5-6,8,15-16H,3-4,7,9-11H2,1-2H3,(H,19,21)/t15-,16-/m0/s1. The summed E-state index contributed by atoms with van der Waals surface area (Å²) in [5, 5.41) is 7.16. The van der Waals surface area contributed by atoms with Crippen LogP contribution in [0.5, 0.6) is 0 Å². The van der Waals surface area contributed by atoms with Gasteiger partial charge in [0.05, 0.1) is 24.8 Å². The molecule has 1 amide bonds. The van der Waals surface area contributed by atoms with Crippen LogP contribution < -0.4 is 5.32 Å². The SMILES string of the molecule is Cc1ccc(C2=NO[C@H](CNC(=O)[C@H]3CCCOC3)C2)cc1C. The molecule has 1 fully saturated rings. The topological polar surface area (TPSA) is 59.9 Å². The maximum atomic E-state index is 12.1. The fraction of sp³-hybridized carbons (Fsp3) is 0.556. The maximum absolute atomic E-state index is 12.1. The van der Waals surface area contributed by atoms with Gasteiger partial charge in [-0.3, -0.25) is 4.79 Å². The van der Waals surface area contributed by atoms with Crippen molar-refractivity contribution in [2.24, 2.45) is 11.1 Å². The maximum Gasteiger partial charge on any atom is 0.225 e. The second-order valence-electron chi connectivity index (χ2n) is 6.43. The predicted molar refractivity (Wildman–Crippen MR) is 88.5 cm³/mol. The summed E-state index contributed by atoms with van der Waals surface area (Å²) in [4.78, 5) is 17.6. The van der Waals surface area contributed by atoms with Crippen molar-refractivity contribution in [3.63, 3.8) is 0 Å². The normalized spacial score (nSPS) is 24.0. The Morgan fingerprint density at radius 3 is 2.96 bits per heavy atom. The molecule has 2 atom stereocenters. The van der Waals surface area contributed by atoms with Gasteiger partial charge in [-0.1, -0.05) is 17.3 Å². The van der Waals surface area contributed by atoms with E-state index >= 15 is 0 Å². The Bertz CT molecular complexity index is 606. The number of hydrogen-bond acceptors (Lipinski definition) is 4. The number of hydrogen-bond donors (Lipinski definition) is 1. The summed E-state index contributed by atoms with van der Waals surface area (Å²) in [5.41, 5.74) is 4.57. The number of aryl methyl sites for hydroxylation is 2. The number of nitrogens with zero attached hydrogens (tertiary/aromatic N) is 1. The van der Waals surface area contributed by atoms with Crippen LogP contribution >= 0.6 is 0 Å². The Kier molecular flexibility index (Phi) is 4.96. The lowest BCUT2D eigenvalue weighted by Gasteiger charge is -2.21. The van der Waals surface area contributed by atoms with Gasteiger partial charge in [-0.15, -0.1) is 0 Å². The van der Waals surface area contributed by atoms with Gasteiger partial charge in [-0.2, -0.15) is 0 Å². The van der Waals surface area contributed by atoms with Crippen molar-refractivity contribution in [1.82, 2.24) is 5.32 Å². The molecule has 5 nitrogen and oxygen atoms in total. The van der Waals surface area contributed by atoms with E-state index in [0.29, 0.717) is 13.2 Å². The molecule has 2 aliphatic heterocycles. The van der Waals surface area contributed by atoms with Gasteiger partial charge < -0.3 is 14.9 Å². The van der Waals surface area contributed by atoms with Crippen molar-refractivity contribution in [3.05, 3.63) is 34.9 Å². The Labute approximate surface area is 137 Å². The molecular formula is C18H24N2O3. The minimum atomic E-state index is -0.0833. The van der Waals surface area contributed by atoms with Crippen molar-refractivity contribution in [2.75, 3.05) is 19.8 Å². The van der Waals surface area contributed by atoms with Gasteiger partial charge >= 0.3 is 0 Å². The molecule has 1 aromatic rings. The van der Waals surface area contributed by atoms with Crippen molar-refractivity contribution >= 4 is 11.6 Å². The number of amides is 1. The predicted octanol–water partition coefficient (Wildman–Crippen LogP) is 2.34. The third kappa shape index (κ3) is 3.91. The van der Waals surface area contributed by atoms with E-state index in [1.807, 2.05) is 0 Å². The van der Waals surface area contributed by atoms with Crippen LogP contribution in [0, 0.1) is 19.8 Å². The lowest BCUT2D eigenvalue weighted by Crippen LogP contribution is -2.39. The van der Waals surface area contributed by atoms with Crippen LogP contribution in [0.3, 0.4) is 0 Å². The number of oxime groups is 1. The van der Waals surface area contributed by atoms with Gasteiger partial charge in [-0.25, -0.2) is 0 Å². The monoisotopic (exact) mass is 316 g/mol. The molecule has 0 bridgehead atoms. The van der Waals surface area contributed by atoms with Crippen molar-refractivity contribution in [2.45, 2.75) is 39.2 Å². The second kappa shape index (κ2) is 7.13. The van der Waals surface area contributed by atoms with E-state index in [-0.39, 0.29) is 17.9 Å². The van der Waals surface area contributed by atoms with Crippen LogP contribution in [0.2, 0.25) is 0 Å². The molecule has 0 aromatic heterocycles. The Morgan fingerprint density at radius 2 is 2.22 bits per heavy atom. The molecule has 0 unspecified atom stereocenters. The van der Waals surface area contributed by atoms with Crippen LogP contribution in [0.25, 0.3) is 0 Å². The quantitative estimate of drug-likeness (QED) is 0.927. The van der Waals surface area contributed by atoms with Gasteiger partial charge in [0, 0.05) is 13.0 Å². The first kappa shape index (κ1) is 16.0. The summed E-state index contributed by atoms with van der Waals surface area (Å²) in [7, 11) is 0. The summed E-state index contributed by atoms with van der Waals surface area (Å²) in [6.07, 6.45) is 2.50. The van der Waals surface area contributed by atoms with Gasteiger partial charge in [-0.05, 0) is 49.4 Å². The molecule has 3 rings (SSSR count). The highest BCUT2D eigenvalue weighted by Gasteiger charge is 2.26. The summed E-state index contributed by atoms with van der Waals surface area (Å²) in [6.45, 7) is 5.98. The van der Waals surface area contributed by atoms with Crippen molar-refractivity contribution < 1.29 is 14.4 Å². The summed E-state index contributed by atoms with van der Waals surface area (Å²) in [5.74, 6) is 0.0400. The van der Waals surface area contributed by atoms with Gasteiger partial charge in [0.2, 0.25) is 5.91 Å². The van der Waals surface area contributed by atoms with Crippen LogP contribution in [-0.2, 0) is 14.4 Å². The fourth-order valence-electron chi connectivity index (χ4n) is 2.94. The molecule has 0 aliphatic carbocycles. The smallest absolute Gasteiger partial charge is 0.225 e. The molecule has 0 saturated carbocycles. The van der Waals surface area contributed by atoms with Crippen molar-refractivity contribution in [1.29, 1.82) is 0 Å². The van der Waals surface area contributed by atoms with Gasteiger partial charge in [0.1, 0.15) is 6.10 Å². The molecule has 23 heavy (non-hydrogen) atoms. The van der Waals surface area contributed by atoms with E-state index in [1.54, 1.807) is 0 Å². The molecule has 1 aromatic carbocycles. The number of benzene rings is 1. The second-order valence-corrected chi connectivity index (χ2v) is 6.43. The van der Waals surface area contributed by atoms with Crippen LogP contribution in [-0.4, -0.2) is 37.5 Å². The third-order valence-electron chi connectivity index (χ3n) is 4.61. The highest BCUT2D eigenvalue weighted by atomic mass is 16.6. The van der Waals surface area contributed by atoms with Crippen molar-refractivity contribution in [3.8, 4) is 0 Å². The lowest BCUT2D eigenvalue weighted by molar-refractivity contribution is -0.129. The number of nitrogens with one attached hydrogen (secondary N) is 1. The Balaban J connectivity index is 1.49. The number of carbonyl (C=O) groups excluding carboxylic acids is 1. The van der Waals surface area contributed by atoms with E-state index in [0.717, 1.165) is 37.1 Å². The summed E-state index contributed by atoms with van der Waals surface area (Å²) in [6, 6.07) is 6.31. The Hall–Kier alpha value is -1.88. The first-order valence-corrected chi connectivity index (χ1v) is 8.29. The fourth-order valence-corrected chi connectivity index (χ4v) is 2.94. The first-order chi connectivity index (χ1) is 11.1. The average molecular weight is 316 g/mol. The Morgan fingerprint density at radius 1 is 1.35 bits per heavy atom. The number of rotatable bonds is 4. The van der Waals surface area contributed by atoms with E-state index in [9.17, 15) is 4.79 Å². The van der Waals surface area contributed by atoms with Crippen LogP contribution in [0.15, 0.2) is 23.4 Å². The molecule has 1 N–H and O–H groups in total. The summed E-state index contributed by atoms with van der Waals surface area (Å²) >= 11 is 0. The highest BCUT2D eigenvalue weighted by molar-refractivity contribution is 6.01. The molecule has 1 saturated heterocycles. The lowest BCUT2D eigenvalue weighted by atomic mass is 9.99. The zero-order chi connectivity index (χ0) is 16.2.